The molecule has 1 rings (SSSR count). The Balaban J connectivity index is 0.00000324. The number of amides is 2. The third-order valence-corrected chi connectivity index (χ3v) is 3.30. The molecule has 1 aliphatic rings. The van der Waals surface area contributed by atoms with E-state index in [1.807, 2.05) is 11.8 Å². The van der Waals surface area contributed by atoms with Gasteiger partial charge in [-0.3, -0.25) is 14.5 Å². The third-order valence-electron chi connectivity index (χ3n) is 3.30. The minimum Gasteiger partial charge on any atom is -0.369 e. The van der Waals surface area contributed by atoms with Gasteiger partial charge in [-0.15, -0.1) is 12.4 Å². The second-order valence-electron chi connectivity index (χ2n) is 5.20. The highest BCUT2D eigenvalue weighted by molar-refractivity contribution is 5.86. The number of carbonyl (C=O) groups is 2. The monoisotopic (exact) mass is 292 g/mol. The molecule has 1 atom stereocenters. The summed E-state index contributed by atoms with van der Waals surface area (Å²) in [5.74, 6) is -0.326. The molecule has 0 bridgehead atoms. The summed E-state index contributed by atoms with van der Waals surface area (Å²) >= 11 is 0. The van der Waals surface area contributed by atoms with Gasteiger partial charge in [0.05, 0.1) is 12.1 Å². The lowest BCUT2D eigenvalue weighted by molar-refractivity contribution is -0.138. The number of hydrogen-bond donors (Lipinski definition) is 2. The van der Waals surface area contributed by atoms with Crippen molar-refractivity contribution in [3.63, 3.8) is 0 Å². The molecule has 0 aromatic carbocycles. The Kier molecular flexibility index (Phi) is 7.33. The molecule has 0 saturated carbocycles. The third kappa shape index (κ3) is 5.34. The first kappa shape index (κ1) is 18.1. The van der Waals surface area contributed by atoms with E-state index in [0.29, 0.717) is 32.6 Å². The highest BCUT2D eigenvalue weighted by Gasteiger charge is 2.33. The largest absolute Gasteiger partial charge is 0.369 e. The van der Waals surface area contributed by atoms with Gasteiger partial charge >= 0.3 is 0 Å². The predicted molar refractivity (Wildman–Crippen MR) is 77.0 cm³/mol. The topological polar surface area (TPSA) is 92.7 Å². The van der Waals surface area contributed by atoms with Gasteiger partial charge in [0.2, 0.25) is 11.8 Å². The summed E-state index contributed by atoms with van der Waals surface area (Å²) in [4.78, 5) is 26.8. The van der Waals surface area contributed by atoms with E-state index < -0.39 is 5.54 Å². The van der Waals surface area contributed by atoms with Gasteiger partial charge in [0.15, 0.2) is 0 Å². The van der Waals surface area contributed by atoms with Crippen LogP contribution in [0.5, 0.6) is 0 Å². The normalized spacial score (nSPS) is 19.4. The van der Waals surface area contributed by atoms with Gasteiger partial charge in [-0.1, -0.05) is 13.3 Å². The van der Waals surface area contributed by atoms with Crippen molar-refractivity contribution in [1.29, 1.82) is 0 Å². The summed E-state index contributed by atoms with van der Waals surface area (Å²) in [5, 5.41) is 0. The van der Waals surface area contributed by atoms with Crippen LogP contribution in [-0.4, -0.2) is 59.9 Å². The molecular formula is C12H25ClN4O2. The Labute approximate surface area is 120 Å². The smallest absolute Gasteiger partial charge is 0.242 e. The fraction of sp³-hybridized carbons (Fsp3) is 0.833. The average Bonchev–Trinajstić information content (AvgIpc) is 2.28. The maximum absolute atomic E-state index is 12.2. The standard InChI is InChI=1S/C12H24N4O2.ClH/c1-3-4-12(2,14)11(18)16-7-5-15(6-8-16)9-10(13)17;/h3-9,14H2,1-2H3,(H2,13,17);1H. The number of rotatable bonds is 5. The average molecular weight is 293 g/mol. The maximum Gasteiger partial charge on any atom is 0.242 e. The van der Waals surface area contributed by atoms with E-state index in [1.54, 1.807) is 11.8 Å². The predicted octanol–water partition coefficient (Wildman–Crippen LogP) is -0.445. The molecule has 6 nitrogen and oxygen atoms in total. The van der Waals surface area contributed by atoms with Crippen molar-refractivity contribution in [3.8, 4) is 0 Å². The van der Waals surface area contributed by atoms with Gasteiger partial charge in [-0.25, -0.2) is 0 Å². The van der Waals surface area contributed by atoms with Crippen molar-refractivity contribution in [3.05, 3.63) is 0 Å². The second kappa shape index (κ2) is 7.67. The molecule has 2 amide bonds. The quantitative estimate of drug-likeness (QED) is 0.718. The van der Waals surface area contributed by atoms with Crippen molar-refractivity contribution in [2.45, 2.75) is 32.2 Å². The van der Waals surface area contributed by atoms with E-state index in [9.17, 15) is 9.59 Å². The molecular weight excluding hydrogens is 268 g/mol. The second-order valence-corrected chi connectivity index (χ2v) is 5.20. The number of halogens is 1. The molecule has 1 unspecified atom stereocenters. The van der Waals surface area contributed by atoms with Crippen LogP contribution in [-0.2, 0) is 9.59 Å². The number of piperazine rings is 1. The number of carbonyl (C=O) groups excluding carboxylic acids is 2. The number of hydrogen-bond acceptors (Lipinski definition) is 4. The van der Waals surface area contributed by atoms with E-state index in [2.05, 4.69) is 0 Å². The van der Waals surface area contributed by atoms with E-state index in [1.165, 1.54) is 0 Å². The Hall–Kier alpha value is -0.850. The van der Waals surface area contributed by atoms with Crippen LogP contribution in [0.2, 0.25) is 0 Å². The molecule has 1 heterocycles. The van der Waals surface area contributed by atoms with Gasteiger partial charge in [-0.05, 0) is 13.3 Å². The van der Waals surface area contributed by atoms with Crippen LogP contribution in [0.3, 0.4) is 0 Å². The highest BCUT2D eigenvalue weighted by Crippen LogP contribution is 2.14. The lowest BCUT2D eigenvalue weighted by Gasteiger charge is -2.38. The fourth-order valence-corrected chi connectivity index (χ4v) is 2.32. The molecule has 112 valence electrons. The van der Waals surface area contributed by atoms with Crippen LogP contribution >= 0.6 is 12.4 Å². The van der Waals surface area contributed by atoms with Crippen LogP contribution < -0.4 is 11.5 Å². The molecule has 19 heavy (non-hydrogen) atoms. The molecule has 1 saturated heterocycles. The van der Waals surface area contributed by atoms with Gasteiger partial charge in [0.1, 0.15) is 0 Å². The first-order chi connectivity index (χ1) is 8.36. The molecule has 1 aliphatic heterocycles. The first-order valence-corrected chi connectivity index (χ1v) is 6.45. The van der Waals surface area contributed by atoms with E-state index in [0.717, 1.165) is 6.42 Å². The summed E-state index contributed by atoms with van der Waals surface area (Å²) in [5.41, 5.74) is 10.4. The van der Waals surface area contributed by atoms with Gasteiger partial charge in [-0.2, -0.15) is 0 Å². The van der Waals surface area contributed by atoms with Crippen molar-refractivity contribution in [1.82, 2.24) is 9.80 Å². The minimum atomic E-state index is -0.777. The minimum absolute atomic E-state index is 0. The summed E-state index contributed by atoms with van der Waals surface area (Å²) in [6.45, 7) is 6.65. The lowest BCUT2D eigenvalue weighted by atomic mass is 9.95. The maximum atomic E-state index is 12.2. The summed E-state index contributed by atoms with van der Waals surface area (Å²) < 4.78 is 0. The molecule has 0 spiro atoms. The lowest BCUT2D eigenvalue weighted by Crippen LogP contribution is -2.58. The van der Waals surface area contributed by atoms with Gasteiger partial charge < -0.3 is 16.4 Å². The molecule has 4 N–H and O–H groups in total. The number of primary amides is 1. The van der Waals surface area contributed by atoms with Crippen molar-refractivity contribution < 1.29 is 9.59 Å². The summed E-state index contributed by atoms with van der Waals surface area (Å²) in [7, 11) is 0. The first-order valence-electron chi connectivity index (χ1n) is 6.45. The van der Waals surface area contributed by atoms with Crippen molar-refractivity contribution >= 4 is 24.2 Å². The zero-order chi connectivity index (χ0) is 13.8. The summed E-state index contributed by atoms with van der Waals surface area (Å²) in [6, 6.07) is 0. The highest BCUT2D eigenvalue weighted by atomic mass is 35.5. The van der Waals surface area contributed by atoms with E-state index in [4.69, 9.17) is 11.5 Å². The Morgan fingerprint density at radius 1 is 1.21 bits per heavy atom. The zero-order valence-electron chi connectivity index (χ0n) is 11.7. The van der Waals surface area contributed by atoms with Crippen LogP contribution in [0.1, 0.15) is 26.7 Å². The van der Waals surface area contributed by atoms with Crippen molar-refractivity contribution in [2.24, 2.45) is 11.5 Å². The van der Waals surface area contributed by atoms with Crippen LogP contribution in [0.25, 0.3) is 0 Å². The molecule has 7 heteroatoms. The SMILES string of the molecule is CCCC(C)(N)C(=O)N1CCN(CC(N)=O)CC1.Cl. The van der Waals surface area contributed by atoms with E-state index in [-0.39, 0.29) is 30.8 Å². The molecule has 0 aromatic rings. The zero-order valence-corrected chi connectivity index (χ0v) is 12.5. The van der Waals surface area contributed by atoms with Crippen LogP contribution in [0.15, 0.2) is 0 Å². The number of nitrogens with two attached hydrogens (primary N) is 2. The van der Waals surface area contributed by atoms with Crippen LogP contribution in [0.4, 0.5) is 0 Å². The molecule has 0 radical (unpaired) electrons. The Morgan fingerprint density at radius 3 is 2.16 bits per heavy atom. The fourth-order valence-electron chi connectivity index (χ4n) is 2.32. The van der Waals surface area contributed by atoms with E-state index >= 15 is 0 Å². The van der Waals surface area contributed by atoms with Gasteiger partial charge in [0.25, 0.3) is 0 Å². The van der Waals surface area contributed by atoms with Crippen LogP contribution in [0, 0.1) is 0 Å². The summed E-state index contributed by atoms with van der Waals surface area (Å²) in [6.07, 6.45) is 1.58. The molecule has 0 aromatic heterocycles. The Morgan fingerprint density at radius 2 is 1.74 bits per heavy atom. The van der Waals surface area contributed by atoms with Gasteiger partial charge in [0, 0.05) is 26.2 Å². The molecule has 0 aliphatic carbocycles. The number of nitrogens with zero attached hydrogens (tertiary/aromatic N) is 2. The molecule has 1 fully saturated rings. The Bertz CT molecular complexity index is 315. The van der Waals surface area contributed by atoms with Crippen molar-refractivity contribution in [2.75, 3.05) is 32.7 Å².